The van der Waals surface area contributed by atoms with Gasteiger partial charge in [-0.1, -0.05) is 38.1 Å². The van der Waals surface area contributed by atoms with E-state index in [2.05, 4.69) is 0 Å². The van der Waals surface area contributed by atoms with Gasteiger partial charge in [0, 0.05) is 5.56 Å². The normalized spacial score (nSPS) is 16.5. The van der Waals surface area contributed by atoms with Gasteiger partial charge in [-0.3, -0.25) is 4.79 Å². The van der Waals surface area contributed by atoms with Crippen LogP contribution in [0.15, 0.2) is 41.1 Å². The Hall–Kier alpha value is -1.92. The van der Waals surface area contributed by atoms with E-state index in [4.69, 9.17) is 4.74 Å². The molecule has 0 amide bonds. The second-order valence-electron chi connectivity index (χ2n) is 6.04. The Bertz CT molecular complexity index is 863. The number of carbonyl (C=O) groups excluding carboxylic acids is 1. The summed E-state index contributed by atoms with van der Waals surface area (Å²) in [7, 11) is -2.46. The van der Waals surface area contributed by atoms with Crippen molar-refractivity contribution in [3.8, 4) is 0 Å². The molecule has 2 heterocycles. The molecule has 4 nitrogen and oxygen atoms in total. The number of thiol groups is 1. The maximum Gasteiger partial charge on any atom is 0.210 e. The maximum absolute atomic E-state index is 13.1. The SMILES string of the molecule is CCC1(CC)OC(c2ccc(C[SH](=O)=O)cc2)=C(c2ccsc2)C1=O. The second kappa shape index (κ2) is 7.14. The van der Waals surface area contributed by atoms with Gasteiger partial charge in [0.2, 0.25) is 5.78 Å². The standard InChI is InChI=1S/C19H20O4S2/c1-3-19(4-2)18(20)16(15-9-10-24-11-15)17(23-19)14-7-5-13(6-8-14)12-25(21)22/h5-11,25H,3-4,12H2,1-2H3. The first kappa shape index (κ1) is 17.9. The van der Waals surface area contributed by atoms with Crippen LogP contribution in [0.5, 0.6) is 0 Å². The van der Waals surface area contributed by atoms with Gasteiger partial charge in [0.25, 0.3) is 0 Å². The van der Waals surface area contributed by atoms with Gasteiger partial charge in [0.15, 0.2) is 5.60 Å². The zero-order chi connectivity index (χ0) is 18.0. The summed E-state index contributed by atoms with van der Waals surface area (Å²) < 4.78 is 28.0. The molecular formula is C19H20O4S2. The molecule has 0 N–H and O–H groups in total. The Kier molecular flexibility index (Phi) is 5.11. The molecule has 1 aliphatic rings. The number of thiophene rings is 1. The fourth-order valence-electron chi connectivity index (χ4n) is 3.12. The highest BCUT2D eigenvalue weighted by Gasteiger charge is 2.47. The minimum absolute atomic E-state index is 0.0136. The summed E-state index contributed by atoms with van der Waals surface area (Å²) in [6.45, 7) is 3.92. The number of ketones is 1. The van der Waals surface area contributed by atoms with Crippen LogP contribution >= 0.6 is 11.3 Å². The predicted octanol–water partition coefficient (Wildman–Crippen LogP) is 3.89. The first-order chi connectivity index (χ1) is 12.0. The molecular weight excluding hydrogens is 356 g/mol. The number of Topliss-reactive ketones (excluding diaryl/α,β-unsaturated/α-hetero) is 1. The molecule has 1 aromatic carbocycles. The van der Waals surface area contributed by atoms with Gasteiger partial charge in [-0.25, -0.2) is 8.42 Å². The predicted molar refractivity (Wildman–Crippen MR) is 101 cm³/mol. The molecule has 0 spiro atoms. The lowest BCUT2D eigenvalue weighted by Gasteiger charge is -2.25. The lowest BCUT2D eigenvalue weighted by atomic mass is 9.87. The quantitative estimate of drug-likeness (QED) is 0.777. The van der Waals surface area contributed by atoms with Crippen LogP contribution in [0, 0.1) is 0 Å². The molecule has 2 aromatic rings. The first-order valence-electron chi connectivity index (χ1n) is 8.22. The lowest BCUT2D eigenvalue weighted by molar-refractivity contribution is -0.128. The third kappa shape index (κ3) is 3.28. The Morgan fingerprint density at radius 3 is 2.24 bits per heavy atom. The highest BCUT2D eigenvalue weighted by atomic mass is 32.2. The summed E-state index contributed by atoms with van der Waals surface area (Å²) in [6.07, 6.45) is 1.21. The highest BCUT2D eigenvalue weighted by molar-refractivity contribution is 7.71. The molecule has 0 atom stereocenters. The molecule has 25 heavy (non-hydrogen) atoms. The molecule has 0 aliphatic carbocycles. The smallest absolute Gasteiger partial charge is 0.210 e. The van der Waals surface area contributed by atoms with Gasteiger partial charge >= 0.3 is 0 Å². The minimum Gasteiger partial charge on any atom is -0.478 e. The monoisotopic (exact) mass is 376 g/mol. The number of benzene rings is 1. The van der Waals surface area contributed by atoms with Gasteiger partial charge in [0.05, 0.1) is 11.3 Å². The van der Waals surface area contributed by atoms with Gasteiger partial charge in [-0.15, -0.1) is 0 Å². The van der Waals surface area contributed by atoms with E-state index in [0.717, 1.165) is 16.7 Å². The number of hydrogen-bond donors (Lipinski definition) is 1. The largest absolute Gasteiger partial charge is 0.478 e. The van der Waals surface area contributed by atoms with E-state index < -0.39 is 16.3 Å². The van der Waals surface area contributed by atoms with Crippen LogP contribution in [0.2, 0.25) is 0 Å². The number of rotatable bonds is 6. The van der Waals surface area contributed by atoms with Crippen molar-refractivity contribution in [1.29, 1.82) is 0 Å². The third-order valence-corrected chi connectivity index (χ3v) is 5.95. The third-order valence-electron chi connectivity index (χ3n) is 4.65. The van der Waals surface area contributed by atoms with Crippen LogP contribution in [-0.4, -0.2) is 19.8 Å². The van der Waals surface area contributed by atoms with Crippen LogP contribution < -0.4 is 0 Å². The molecule has 1 aliphatic heterocycles. The molecule has 6 heteroatoms. The summed E-state index contributed by atoms with van der Waals surface area (Å²) in [4.78, 5) is 13.1. The van der Waals surface area contributed by atoms with E-state index >= 15 is 0 Å². The van der Waals surface area contributed by atoms with Crippen LogP contribution in [0.1, 0.15) is 43.4 Å². The van der Waals surface area contributed by atoms with E-state index in [-0.39, 0.29) is 11.5 Å². The highest BCUT2D eigenvalue weighted by Crippen LogP contribution is 2.44. The first-order valence-corrected chi connectivity index (χ1v) is 10.5. The number of ether oxygens (including phenoxy) is 1. The van der Waals surface area contributed by atoms with Crippen molar-refractivity contribution >= 4 is 39.2 Å². The van der Waals surface area contributed by atoms with E-state index in [0.29, 0.717) is 24.2 Å². The molecule has 0 bridgehead atoms. The lowest BCUT2D eigenvalue weighted by Crippen LogP contribution is -2.35. The van der Waals surface area contributed by atoms with Crippen molar-refractivity contribution in [1.82, 2.24) is 0 Å². The van der Waals surface area contributed by atoms with Gasteiger partial charge < -0.3 is 4.74 Å². The van der Waals surface area contributed by atoms with E-state index in [1.54, 1.807) is 23.5 Å². The summed E-state index contributed by atoms with van der Waals surface area (Å²) in [5, 5.41) is 3.90. The summed E-state index contributed by atoms with van der Waals surface area (Å²) in [5.41, 5.74) is 2.19. The molecule has 132 valence electrons. The summed E-state index contributed by atoms with van der Waals surface area (Å²) >= 11 is 1.54. The van der Waals surface area contributed by atoms with Crippen molar-refractivity contribution in [2.45, 2.75) is 38.0 Å². The molecule has 1 aromatic heterocycles. The van der Waals surface area contributed by atoms with Gasteiger partial charge in [-0.2, -0.15) is 11.3 Å². The van der Waals surface area contributed by atoms with Crippen LogP contribution in [-0.2, 0) is 26.0 Å². The van der Waals surface area contributed by atoms with Crippen molar-refractivity contribution in [2.24, 2.45) is 0 Å². The van der Waals surface area contributed by atoms with Crippen LogP contribution in [0.25, 0.3) is 11.3 Å². The molecule has 0 fully saturated rings. The Morgan fingerprint density at radius 1 is 1.04 bits per heavy atom. The van der Waals surface area contributed by atoms with Crippen molar-refractivity contribution in [3.63, 3.8) is 0 Å². The zero-order valence-electron chi connectivity index (χ0n) is 14.2. The topological polar surface area (TPSA) is 60.4 Å². The fourth-order valence-corrected chi connectivity index (χ4v) is 4.28. The number of carbonyl (C=O) groups is 1. The Labute approximate surface area is 153 Å². The average Bonchev–Trinajstić information content (AvgIpc) is 3.21. The van der Waals surface area contributed by atoms with Crippen LogP contribution in [0.3, 0.4) is 0 Å². The molecule has 0 unspecified atom stereocenters. The van der Waals surface area contributed by atoms with Crippen molar-refractivity contribution in [3.05, 3.63) is 57.8 Å². The fraction of sp³-hybridized carbons (Fsp3) is 0.316. The number of hydrogen-bond acceptors (Lipinski definition) is 5. The molecule has 0 saturated heterocycles. The Morgan fingerprint density at radius 2 is 1.72 bits per heavy atom. The maximum atomic E-state index is 13.1. The second-order valence-corrected chi connectivity index (χ2v) is 7.80. The average molecular weight is 376 g/mol. The minimum atomic E-state index is -2.46. The molecule has 0 saturated carbocycles. The van der Waals surface area contributed by atoms with Crippen molar-refractivity contribution < 1.29 is 17.9 Å². The van der Waals surface area contributed by atoms with Gasteiger partial charge in [-0.05, 0) is 40.8 Å². The molecule has 0 radical (unpaired) electrons. The molecule has 3 rings (SSSR count). The van der Waals surface area contributed by atoms with E-state index in [1.807, 2.05) is 42.8 Å². The summed E-state index contributed by atoms with van der Waals surface area (Å²) in [6, 6.07) is 9.11. The van der Waals surface area contributed by atoms with Crippen LogP contribution in [0.4, 0.5) is 0 Å². The van der Waals surface area contributed by atoms with Crippen molar-refractivity contribution in [2.75, 3.05) is 0 Å². The van der Waals surface area contributed by atoms with E-state index in [9.17, 15) is 13.2 Å². The zero-order valence-corrected chi connectivity index (χ0v) is 15.9. The Balaban J connectivity index is 2.08. The van der Waals surface area contributed by atoms with Gasteiger partial charge in [0.1, 0.15) is 16.5 Å². The van der Waals surface area contributed by atoms with E-state index in [1.165, 1.54) is 0 Å². The summed E-state index contributed by atoms with van der Waals surface area (Å²) in [5.74, 6) is 0.627.